The number of likely N-dealkylation sites (N-methyl/N-ethyl adjacent to an activating group) is 1. The van der Waals surface area contributed by atoms with Crippen molar-refractivity contribution >= 4 is 29.2 Å². The molecule has 1 aliphatic rings. The second-order valence-corrected chi connectivity index (χ2v) is 5.17. The first-order chi connectivity index (χ1) is 11.1. The Morgan fingerprint density at radius 2 is 1.87 bits per heavy atom. The number of carboxylic acids is 1. The summed E-state index contributed by atoms with van der Waals surface area (Å²) in [6.45, 7) is -0.489. The summed E-state index contributed by atoms with van der Waals surface area (Å²) in [6.07, 6.45) is 1.81. The Hall–Kier alpha value is -3.08. The Morgan fingerprint density at radius 1 is 1.17 bits per heavy atom. The molecule has 0 atom stereocenters. The number of carbonyl (C=O) groups is 2. The van der Waals surface area contributed by atoms with Crippen molar-refractivity contribution in [2.24, 2.45) is 0 Å². The van der Waals surface area contributed by atoms with Gasteiger partial charge in [0.15, 0.2) is 0 Å². The largest absolute Gasteiger partial charge is 0.546 e. The molecule has 0 bridgehead atoms. The van der Waals surface area contributed by atoms with Crippen LogP contribution in [-0.4, -0.2) is 25.5 Å². The van der Waals surface area contributed by atoms with Gasteiger partial charge in [-0.05, 0) is 29.8 Å². The van der Waals surface area contributed by atoms with Crippen molar-refractivity contribution < 1.29 is 19.4 Å². The maximum absolute atomic E-state index is 12.4. The quantitative estimate of drug-likeness (QED) is 0.799. The SMILES string of the molecule is CN1C(=O)/C(=C\c2ccc(OCC(=O)[O-])cc2)c2ccccc21. The molecule has 1 aliphatic heterocycles. The van der Waals surface area contributed by atoms with Crippen LogP contribution in [0.15, 0.2) is 48.5 Å². The third-order valence-corrected chi connectivity index (χ3v) is 3.64. The number of hydrogen-bond donors (Lipinski definition) is 0. The van der Waals surface area contributed by atoms with E-state index in [4.69, 9.17) is 4.74 Å². The van der Waals surface area contributed by atoms with Crippen LogP contribution in [0.3, 0.4) is 0 Å². The number of para-hydroxylation sites is 1. The van der Waals surface area contributed by atoms with E-state index in [9.17, 15) is 14.7 Å². The number of amides is 1. The van der Waals surface area contributed by atoms with E-state index in [1.54, 1.807) is 36.2 Å². The minimum Gasteiger partial charge on any atom is -0.546 e. The third-order valence-electron chi connectivity index (χ3n) is 3.64. The first-order valence-corrected chi connectivity index (χ1v) is 7.08. The summed E-state index contributed by atoms with van der Waals surface area (Å²) >= 11 is 0. The average Bonchev–Trinajstić information content (AvgIpc) is 2.80. The minimum atomic E-state index is -1.27. The first kappa shape index (κ1) is 14.8. The highest BCUT2D eigenvalue weighted by molar-refractivity contribution is 6.35. The van der Waals surface area contributed by atoms with Crippen LogP contribution >= 0.6 is 0 Å². The van der Waals surface area contributed by atoms with Crippen molar-refractivity contribution in [3.63, 3.8) is 0 Å². The topological polar surface area (TPSA) is 69.7 Å². The van der Waals surface area contributed by atoms with E-state index < -0.39 is 12.6 Å². The molecule has 3 rings (SSSR count). The number of anilines is 1. The first-order valence-electron chi connectivity index (χ1n) is 7.08. The summed E-state index contributed by atoms with van der Waals surface area (Å²) in [6, 6.07) is 14.5. The molecule has 1 heterocycles. The van der Waals surface area contributed by atoms with Gasteiger partial charge in [0.05, 0.1) is 11.7 Å². The van der Waals surface area contributed by atoms with Crippen LogP contribution in [0.2, 0.25) is 0 Å². The molecule has 116 valence electrons. The number of hydrogen-bond acceptors (Lipinski definition) is 4. The van der Waals surface area contributed by atoms with Gasteiger partial charge in [-0.1, -0.05) is 30.3 Å². The van der Waals surface area contributed by atoms with Gasteiger partial charge in [0.1, 0.15) is 12.4 Å². The maximum Gasteiger partial charge on any atom is 0.258 e. The Bertz CT molecular complexity index is 793. The Kier molecular flexibility index (Phi) is 3.85. The zero-order valence-electron chi connectivity index (χ0n) is 12.5. The number of nitrogens with zero attached hydrogens (tertiary/aromatic N) is 1. The van der Waals surface area contributed by atoms with Crippen LogP contribution in [0, 0.1) is 0 Å². The van der Waals surface area contributed by atoms with Gasteiger partial charge in [-0.2, -0.15) is 0 Å². The van der Waals surface area contributed by atoms with E-state index in [1.807, 2.05) is 30.3 Å². The van der Waals surface area contributed by atoms with Gasteiger partial charge in [0.2, 0.25) is 0 Å². The van der Waals surface area contributed by atoms with Gasteiger partial charge in [0, 0.05) is 18.2 Å². The van der Waals surface area contributed by atoms with E-state index in [-0.39, 0.29) is 5.91 Å². The fraction of sp³-hybridized carbons (Fsp3) is 0.111. The summed E-state index contributed by atoms with van der Waals surface area (Å²) in [5.41, 5.74) is 3.25. The van der Waals surface area contributed by atoms with Crippen molar-refractivity contribution in [3.05, 3.63) is 59.7 Å². The van der Waals surface area contributed by atoms with E-state index in [0.29, 0.717) is 11.3 Å². The highest BCUT2D eigenvalue weighted by atomic mass is 16.5. The number of fused-ring (bicyclic) bond motifs is 1. The van der Waals surface area contributed by atoms with Crippen LogP contribution in [0.4, 0.5) is 5.69 Å². The molecule has 0 radical (unpaired) electrons. The summed E-state index contributed by atoms with van der Waals surface area (Å²) in [5.74, 6) is -0.887. The van der Waals surface area contributed by atoms with E-state index >= 15 is 0 Å². The Morgan fingerprint density at radius 3 is 2.57 bits per heavy atom. The fourth-order valence-corrected chi connectivity index (χ4v) is 2.51. The van der Waals surface area contributed by atoms with E-state index in [2.05, 4.69) is 0 Å². The third kappa shape index (κ3) is 2.94. The predicted molar refractivity (Wildman–Crippen MR) is 84.7 cm³/mol. The van der Waals surface area contributed by atoms with Crippen molar-refractivity contribution in [2.45, 2.75) is 0 Å². The van der Waals surface area contributed by atoms with Crippen LogP contribution in [0.5, 0.6) is 5.75 Å². The molecule has 0 N–H and O–H groups in total. The molecule has 0 saturated heterocycles. The van der Waals surface area contributed by atoms with Crippen LogP contribution in [-0.2, 0) is 9.59 Å². The summed E-state index contributed by atoms with van der Waals surface area (Å²) in [7, 11) is 1.75. The molecule has 0 unspecified atom stereocenters. The van der Waals surface area contributed by atoms with Crippen LogP contribution in [0.1, 0.15) is 11.1 Å². The second kappa shape index (κ2) is 5.96. The number of aliphatic carboxylic acids is 1. The highest BCUT2D eigenvalue weighted by Gasteiger charge is 2.28. The van der Waals surface area contributed by atoms with Gasteiger partial charge in [0.25, 0.3) is 5.91 Å². The molecular weight excluding hydrogens is 294 g/mol. The van der Waals surface area contributed by atoms with Crippen LogP contribution < -0.4 is 14.7 Å². The molecule has 0 aliphatic carbocycles. The normalized spacial score (nSPS) is 14.9. The number of carboxylic acid groups (broad SMARTS) is 1. The van der Waals surface area contributed by atoms with Crippen molar-refractivity contribution in [2.75, 3.05) is 18.6 Å². The van der Waals surface area contributed by atoms with Gasteiger partial charge in [-0.3, -0.25) is 4.79 Å². The standard InChI is InChI=1S/C18H15NO4/c1-19-16-5-3-2-4-14(16)15(18(19)22)10-12-6-8-13(9-7-12)23-11-17(20)21/h2-10H,11H2,1H3,(H,20,21)/p-1/b15-10-. The zero-order chi connectivity index (χ0) is 16.4. The smallest absolute Gasteiger partial charge is 0.258 e. The lowest BCUT2D eigenvalue weighted by Gasteiger charge is -2.08. The number of carbonyl (C=O) groups excluding carboxylic acids is 2. The maximum atomic E-state index is 12.4. The monoisotopic (exact) mass is 308 g/mol. The van der Waals surface area contributed by atoms with Gasteiger partial charge >= 0.3 is 0 Å². The molecule has 0 aromatic heterocycles. The molecule has 0 saturated carbocycles. The lowest BCUT2D eigenvalue weighted by Crippen LogP contribution is -2.28. The number of rotatable bonds is 4. The Labute approximate surface area is 133 Å². The number of benzene rings is 2. The molecule has 2 aromatic carbocycles. The Balaban J connectivity index is 1.87. The molecular formula is C18H14NO4-. The molecule has 1 amide bonds. The van der Waals surface area contributed by atoms with Gasteiger partial charge in [-0.25, -0.2) is 0 Å². The van der Waals surface area contributed by atoms with E-state index in [1.165, 1.54) is 0 Å². The summed E-state index contributed by atoms with van der Waals surface area (Å²) < 4.78 is 5.03. The second-order valence-electron chi connectivity index (χ2n) is 5.17. The average molecular weight is 308 g/mol. The lowest BCUT2D eigenvalue weighted by atomic mass is 10.0. The van der Waals surface area contributed by atoms with Crippen molar-refractivity contribution in [3.8, 4) is 5.75 Å². The zero-order valence-corrected chi connectivity index (χ0v) is 12.5. The molecule has 23 heavy (non-hydrogen) atoms. The van der Waals surface area contributed by atoms with Gasteiger partial charge in [-0.15, -0.1) is 0 Å². The summed E-state index contributed by atoms with van der Waals surface area (Å²) in [4.78, 5) is 24.4. The molecule has 0 spiro atoms. The molecule has 0 fully saturated rings. The lowest BCUT2D eigenvalue weighted by molar-refractivity contribution is -0.307. The molecule has 5 heteroatoms. The fourth-order valence-electron chi connectivity index (χ4n) is 2.51. The van der Waals surface area contributed by atoms with Crippen molar-refractivity contribution in [1.82, 2.24) is 0 Å². The summed E-state index contributed by atoms with van der Waals surface area (Å²) in [5, 5.41) is 10.4. The number of ether oxygens (including phenoxy) is 1. The molecule has 2 aromatic rings. The van der Waals surface area contributed by atoms with Gasteiger partial charge < -0.3 is 19.5 Å². The highest BCUT2D eigenvalue weighted by Crippen LogP contribution is 2.36. The predicted octanol–water partition coefficient (Wildman–Crippen LogP) is 1.33. The minimum absolute atomic E-state index is 0.0523. The van der Waals surface area contributed by atoms with Crippen LogP contribution in [0.25, 0.3) is 11.6 Å². The van der Waals surface area contributed by atoms with Crippen molar-refractivity contribution in [1.29, 1.82) is 0 Å². The molecule has 5 nitrogen and oxygen atoms in total. The van der Waals surface area contributed by atoms with E-state index in [0.717, 1.165) is 16.8 Å².